The normalized spacial score (nSPS) is 13.8. The van der Waals surface area contributed by atoms with Crippen LogP contribution >= 0.6 is 0 Å². The number of esters is 2. The van der Waals surface area contributed by atoms with Gasteiger partial charge in [-0.25, -0.2) is 4.79 Å². The van der Waals surface area contributed by atoms with E-state index in [-0.39, 0.29) is 5.97 Å². The van der Waals surface area contributed by atoms with Crippen molar-refractivity contribution in [2.45, 2.75) is 26.4 Å². The Labute approximate surface area is 119 Å². The minimum absolute atomic E-state index is 0.361. The van der Waals surface area contributed by atoms with Gasteiger partial charge in [-0.3, -0.25) is 4.79 Å². The monoisotopic (exact) mass is 276 g/mol. The van der Waals surface area contributed by atoms with Crippen molar-refractivity contribution < 1.29 is 19.1 Å². The molecule has 4 nitrogen and oxygen atoms in total. The molecule has 0 bridgehead atoms. The molecule has 0 N–H and O–H groups in total. The maximum absolute atomic E-state index is 11.7. The first-order valence-corrected chi connectivity index (χ1v) is 6.60. The van der Waals surface area contributed by atoms with Gasteiger partial charge in [-0.1, -0.05) is 37.3 Å². The van der Waals surface area contributed by atoms with Crippen molar-refractivity contribution in [1.82, 2.24) is 0 Å². The summed E-state index contributed by atoms with van der Waals surface area (Å²) in [5.41, 5.74) is 0.914. The Kier molecular flexibility index (Phi) is 6.50. The average molecular weight is 276 g/mol. The number of hydrogen-bond acceptors (Lipinski definition) is 4. The molecule has 1 aromatic carbocycles. The minimum atomic E-state index is -0.514. The predicted octanol–water partition coefficient (Wildman–Crippen LogP) is 2.83. The van der Waals surface area contributed by atoms with Crippen LogP contribution in [0.15, 0.2) is 36.4 Å². The largest absolute Gasteiger partial charge is 0.469 e. The molecule has 4 heteroatoms. The molecular weight excluding hydrogens is 256 g/mol. The Bertz CT molecular complexity index is 465. The third kappa shape index (κ3) is 4.88. The average Bonchev–Trinajstić information content (AvgIpc) is 2.46. The zero-order chi connectivity index (χ0) is 15.0. The molecular formula is C16H20O4. The molecule has 0 saturated carbocycles. The van der Waals surface area contributed by atoms with Gasteiger partial charge in [0.2, 0.25) is 0 Å². The number of rotatable bonds is 6. The third-order valence-electron chi connectivity index (χ3n) is 3.02. The molecule has 20 heavy (non-hydrogen) atoms. The second-order valence-corrected chi connectivity index (χ2v) is 4.42. The van der Waals surface area contributed by atoms with Gasteiger partial charge in [0.05, 0.1) is 13.0 Å². The molecule has 0 heterocycles. The van der Waals surface area contributed by atoms with E-state index in [9.17, 15) is 9.59 Å². The number of methoxy groups -OCH3 is 1. The summed E-state index contributed by atoms with van der Waals surface area (Å²) in [6.45, 7) is 3.55. The Morgan fingerprint density at radius 3 is 2.45 bits per heavy atom. The molecule has 108 valence electrons. The first-order valence-electron chi connectivity index (χ1n) is 6.60. The summed E-state index contributed by atoms with van der Waals surface area (Å²) >= 11 is 0. The second kappa shape index (κ2) is 8.15. The van der Waals surface area contributed by atoms with Crippen LogP contribution in [0.2, 0.25) is 0 Å². The molecule has 0 amide bonds. The summed E-state index contributed by atoms with van der Waals surface area (Å²) in [6.07, 6.45) is 3.08. The summed E-state index contributed by atoms with van der Waals surface area (Å²) in [5, 5.41) is 0. The van der Waals surface area contributed by atoms with E-state index in [1.807, 2.05) is 37.3 Å². The van der Waals surface area contributed by atoms with Gasteiger partial charge in [-0.15, -0.1) is 0 Å². The molecule has 0 aliphatic rings. The summed E-state index contributed by atoms with van der Waals surface area (Å²) in [7, 11) is 1.33. The summed E-state index contributed by atoms with van der Waals surface area (Å²) in [5.74, 6) is -1.27. The standard InChI is InChI=1S/C16H20O4/c1-4-14(16(18)19-3)12(2)20-15(17)11-10-13-8-6-5-7-9-13/h5-12,14H,4H2,1-3H3/b11-10+. The minimum Gasteiger partial charge on any atom is -0.469 e. The Morgan fingerprint density at radius 1 is 1.25 bits per heavy atom. The quantitative estimate of drug-likeness (QED) is 0.592. The zero-order valence-electron chi connectivity index (χ0n) is 12.0. The highest BCUT2D eigenvalue weighted by atomic mass is 16.6. The number of ether oxygens (including phenoxy) is 2. The van der Waals surface area contributed by atoms with Crippen LogP contribution in [0.3, 0.4) is 0 Å². The number of hydrogen-bond donors (Lipinski definition) is 0. The van der Waals surface area contributed by atoms with E-state index in [4.69, 9.17) is 4.74 Å². The van der Waals surface area contributed by atoms with Crippen molar-refractivity contribution in [1.29, 1.82) is 0 Å². The lowest BCUT2D eigenvalue weighted by Crippen LogP contribution is -2.30. The first kappa shape index (κ1) is 16.0. The van der Waals surface area contributed by atoms with E-state index < -0.39 is 18.0 Å². The highest BCUT2D eigenvalue weighted by molar-refractivity contribution is 5.87. The highest BCUT2D eigenvalue weighted by Crippen LogP contribution is 2.14. The zero-order valence-corrected chi connectivity index (χ0v) is 12.0. The van der Waals surface area contributed by atoms with Gasteiger partial charge in [0.1, 0.15) is 6.10 Å². The molecule has 0 radical (unpaired) electrons. The van der Waals surface area contributed by atoms with Gasteiger partial charge in [0, 0.05) is 6.08 Å². The summed E-state index contributed by atoms with van der Waals surface area (Å²) < 4.78 is 9.91. The van der Waals surface area contributed by atoms with Crippen molar-refractivity contribution in [3.63, 3.8) is 0 Å². The second-order valence-electron chi connectivity index (χ2n) is 4.42. The molecule has 2 unspecified atom stereocenters. The fraction of sp³-hybridized carbons (Fsp3) is 0.375. The van der Waals surface area contributed by atoms with E-state index >= 15 is 0 Å². The first-order chi connectivity index (χ1) is 9.58. The Balaban J connectivity index is 2.57. The van der Waals surface area contributed by atoms with Crippen LogP contribution < -0.4 is 0 Å². The Morgan fingerprint density at radius 2 is 1.90 bits per heavy atom. The van der Waals surface area contributed by atoms with Crippen molar-refractivity contribution >= 4 is 18.0 Å². The lowest BCUT2D eigenvalue weighted by atomic mass is 10.0. The maximum atomic E-state index is 11.7. The SMILES string of the molecule is CCC(C(=O)OC)C(C)OC(=O)/C=C/c1ccccc1. The van der Waals surface area contributed by atoms with Gasteiger partial charge >= 0.3 is 11.9 Å². The molecule has 0 aliphatic carbocycles. The molecule has 0 spiro atoms. The number of carbonyl (C=O) groups is 2. The van der Waals surface area contributed by atoms with Gasteiger partial charge in [0.15, 0.2) is 0 Å². The van der Waals surface area contributed by atoms with Crippen LogP contribution in [-0.2, 0) is 19.1 Å². The van der Waals surface area contributed by atoms with E-state index in [0.717, 1.165) is 5.56 Å². The fourth-order valence-corrected chi connectivity index (χ4v) is 1.87. The van der Waals surface area contributed by atoms with Crippen LogP contribution in [0.25, 0.3) is 6.08 Å². The van der Waals surface area contributed by atoms with Crippen molar-refractivity contribution in [2.75, 3.05) is 7.11 Å². The smallest absolute Gasteiger partial charge is 0.331 e. The highest BCUT2D eigenvalue weighted by Gasteiger charge is 2.26. The van der Waals surface area contributed by atoms with Crippen molar-refractivity contribution in [2.24, 2.45) is 5.92 Å². The van der Waals surface area contributed by atoms with Crippen LogP contribution in [0.5, 0.6) is 0 Å². The molecule has 1 rings (SSSR count). The number of carbonyl (C=O) groups excluding carboxylic acids is 2. The maximum Gasteiger partial charge on any atom is 0.331 e. The van der Waals surface area contributed by atoms with Crippen molar-refractivity contribution in [3.8, 4) is 0 Å². The van der Waals surface area contributed by atoms with E-state index in [0.29, 0.717) is 6.42 Å². The molecule has 1 aromatic rings. The van der Waals surface area contributed by atoms with Gasteiger partial charge in [0.25, 0.3) is 0 Å². The molecule has 0 saturated heterocycles. The molecule has 0 fully saturated rings. The lowest BCUT2D eigenvalue weighted by Gasteiger charge is -2.19. The fourth-order valence-electron chi connectivity index (χ4n) is 1.87. The van der Waals surface area contributed by atoms with Crippen molar-refractivity contribution in [3.05, 3.63) is 42.0 Å². The van der Waals surface area contributed by atoms with Gasteiger partial charge in [-0.05, 0) is 25.0 Å². The van der Waals surface area contributed by atoms with E-state index in [2.05, 4.69) is 4.74 Å². The van der Waals surface area contributed by atoms with Crippen LogP contribution in [0.1, 0.15) is 25.8 Å². The van der Waals surface area contributed by atoms with Gasteiger partial charge in [-0.2, -0.15) is 0 Å². The van der Waals surface area contributed by atoms with Gasteiger partial charge < -0.3 is 9.47 Å². The molecule has 0 aliphatic heterocycles. The summed E-state index contributed by atoms with van der Waals surface area (Å²) in [4.78, 5) is 23.2. The topological polar surface area (TPSA) is 52.6 Å². The third-order valence-corrected chi connectivity index (χ3v) is 3.02. The Hall–Kier alpha value is -2.10. The van der Waals surface area contributed by atoms with E-state index in [1.54, 1.807) is 13.0 Å². The van der Waals surface area contributed by atoms with E-state index in [1.165, 1.54) is 13.2 Å². The van der Waals surface area contributed by atoms with Crippen LogP contribution in [0, 0.1) is 5.92 Å². The lowest BCUT2D eigenvalue weighted by molar-refractivity contribution is -0.156. The molecule has 0 aromatic heterocycles. The molecule has 2 atom stereocenters. The summed E-state index contributed by atoms with van der Waals surface area (Å²) in [6, 6.07) is 9.45. The number of benzene rings is 1. The van der Waals surface area contributed by atoms with Crippen LogP contribution in [0.4, 0.5) is 0 Å². The predicted molar refractivity (Wildman–Crippen MR) is 76.8 cm³/mol. The van der Waals surface area contributed by atoms with Crippen LogP contribution in [-0.4, -0.2) is 25.2 Å².